The van der Waals surface area contributed by atoms with Crippen LogP contribution in [-0.2, 0) is 9.84 Å². The number of methoxy groups -OCH3 is 1. The number of carbonyl (C=O) groups excluding carboxylic acids is 2. The Bertz CT molecular complexity index is 1340. The van der Waals surface area contributed by atoms with Gasteiger partial charge in [0.1, 0.15) is 5.75 Å². The van der Waals surface area contributed by atoms with Crippen LogP contribution < -0.4 is 15.4 Å². The lowest BCUT2D eigenvalue weighted by molar-refractivity contribution is -0.385. The lowest BCUT2D eigenvalue weighted by Gasteiger charge is -2.10. The molecule has 0 aliphatic heterocycles. The number of hydrogen-bond donors (Lipinski definition) is 2. The molecule has 2 amide bonds. The highest BCUT2D eigenvalue weighted by Crippen LogP contribution is 2.24. The molecule has 0 spiro atoms. The zero-order chi connectivity index (χ0) is 24.2. The van der Waals surface area contributed by atoms with Crippen LogP contribution in [0, 0.1) is 10.1 Å². The van der Waals surface area contributed by atoms with E-state index in [9.17, 15) is 28.1 Å². The number of amides is 2. The summed E-state index contributed by atoms with van der Waals surface area (Å²) in [4.78, 5) is 35.1. The van der Waals surface area contributed by atoms with Crippen LogP contribution in [0.25, 0.3) is 0 Å². The molecule has 0 fully saturated rings. The minimum Gasteiger partial charge on any atom is -0.495 e. The molecule has 10 nitrogen and oxygen atoms in total. The van der Waals surface area contributed by atoms with Crippen LogP contribution in [0.3, 0.4) is 0 Å². The van der Waals surface area contributed by atoms with E-state index in [2.05, 4.69) is 10.6 Å². The lowest BCUT2D eigenvalue weighted by Crippen LogP contribution is -2.15. The Morgan fingerprint density at radius 1 is 0.909 bits per heavy atom. The highest BCUT2D eigenvalue weighted by atomic mass is 32.2. The van der Waals surface area contributed by atoms with E-state index in [1.165, 1.54) is 31.4 Å². The van der Waals surface area contributed by atoms with Crippen molar-refractivity contribution < 1.29 is 27.7 Å². The highest BCUT2D eigenvalue weighted by molar-refractivity contribution is 7.90. The number of nitrogens with zero attached hydrogens (tertiary/aromatic N) is 1. The Hall–Kier alpha value is -4.25. The number of ether oxygens (including phenoxy) is 1. The predicted octanol–water partition coefficient (Wildman–Crippen LogP) is 3.51. The van der Waals surface area contributed by atoms with E-state index in [1.54, 1.807) is 24.3 Å². The van der Waals surface area contributed by atoms with Crippen molar-refractivity contribution in [3.05, 3.63) is 88.0 Å². The fraction of sp³-hybridized carbons (Fsp3) is 0.0909. The summed E-state index contributed by atoms with van der Waals surface area (Å²) < 4.78 is 28.8. The van der Waals surface area contributed by atoms with Gasteiger partial charge in [-0.1, -0.05) is 12.1 Å². The number of rotatable bonds is 7. The Kier molecular flexibility index (Phi) is 6.73. The first kappa shape index (κ1) is 23.4. The van der Waals surface area contributed by atoms with E-state index in [-0.39, 0.29) is 10.5 Å². The minimum absolute atomic E-state index is 0.192. The molecule has 11 heteroatoms. The van der Waals surface area contributed by atoms with Gasteiger partial charge in [0.15, 0.2) is 9.84 Å². The second-order valence-corrected chi connectivity index (χ2v) is 8.95. The lowest BCUT2D eigenvalue weighted by atomic mass is 10.1. The van der Waals surface area contributed by atoms with Crippen LogP contribution in [0.4, 0.5) is 17.1 Å². The van der Waals surface area contributed by atoms with Crippen LogP contribution in [0.1, 0.15) is 20.7 Å². The molecule has 3 aromatic rings. The quantitative estimate of drug-likeness (QED) is 0.398. The fourth-order valence-electron chi connectivity index (χ4n) is 2.88. The number of carbonyl (C=O) groups is 2. The Balaban J connectivity index is 1.77. The van der Waals surface area contributed by atoms with Crippen LogP contribution in [0.5, 0.6) is 5.75 Å². The topological polar surface area (TPSA) is 145 Å². The second kappa shape index (κ2) is 9.49. The van der Waals surface area contributed by atoms with Crippen LogP contribution in [-0.4, -0.2) is 38.5 Å². The summed E-state index contributed by atoms with van der Waals surface area (Å²) in [6, 6.07) is 15.8. The largest absolute Gasteiger partial charge is 0.495 e. The van der Waals surface area contributed by atoms with Gasteiger partial charge in [0, 0.05) is 35.2 Å². The molecule has 0 saturated heterocycles. The van der Waals surface area contributed by atoms with Crippen LogP contribution >= 0.6 is 0 Å². The summed E-state index contributed by atoms with van der Waals surface area (Å²) in [6.45, 7) is 0. The third-order valence-electron chi connectivity index (χ3n) is 4.55. The van der Waals surface area contributed by atoms with Crippen molar-refractivity contribution in [1.82, 2.24) is 0 Å². The predicted molar refractivity (Wildman–Crippen MR) is 122 cm³/mol. The number of nitro benzene ring substituents is 1. The zero-order valence-corrected chi connectivity index (χ0v) is 18.4. The van der Waals surface area contributed by atoms with E-state index >= 15 is 0 Å². The van der Waals surface area contributed by atoms with Gasteiger partial charge in [-0.3, -0.25) is 19.7 Å². The van der Waals surface area contributed by atoms with Gasteiger partial charge in [0.05, 0.1) is 22.6 Å². The smallest absolute Gasteiger partial charge is 0.271 e. The molecule has 33 heavy (non-hydrogen) atoms. The molecule has 170 valence electrons. The summed E-state index contributed by atoms with van der Waals surface area (Å²) >= 11 is 0. The van der Waals surface area contributed by atoms with E-state index < -0.39 is 32.3 Å². The van der Waals surface area contributed by atoms with E-state index in [4.69, 9.17) is 4.74 Å². The summed E-state index contributed by atoms with van der Waals surface area (Å²) in [6.07, 6.45) is 0.891. The molecule has 2 N–H and O–H groups in total. The molecule has 0 aromatic heterocycles. The van der Waals surface area contributed by atoms with Crippen molar-refractivity contribution in [2.45, 2.75) is 4.90 Å². The zero-order valence-electron chi connectivity index (χ0n) is 17.6. The Labute approximate surface area is 189 Å². The minimum atomic E-state index is -3.77. The maximum Gasteiger partial charge on any atom is 0.271 e. The third-order valence-corrected chi connectivity index (χ3v) is 5.64. The van der Waals surface area contributed by atoms with Crippen LogP contribution in [0.2, 0.25) is 0 Å². The van der Waals surface area contributed by atoms with Gasteiger partial charge in [0.25, 0.3) is 17.5 Å². The Morgan fingerprint density at radius 2 is 1.55 bits per heavy atom. The number of benzene rings is 3. The van der Waals surface area contributed by atoms with Crippen molar-refractivity contribution in [2.24, 2.45) is 0 Å². The van der Waals surface area contributed by atoms with Crippen molar-refractivity contribution in [1.29, 1.82) is 0 Å². The molecule has 0 heterocycles. The number of hydrogen-bond acceptors (Lipinski definition) is 7. The molecule has 0 aliphatic carbocycles. The first-order valence-electron chi connectivity index (χ1n) is 9.44. The van der Waals surface area contributed by atoms with Gasteiger partial charge in [0.2, 0.25) is 0 Å². The van der Waals surface area contributed by atoms with Crippen molar-refractivity contribution in [3.8, 4) is 5.75 Å². The molecular formula is C22H19N3O7S. The van der Waals surface area contributed by atoms with Gasteiger partial charge in [-0.05, 0) is 42.5 Å². The van der Waals surface area contributed by atoms with Gasteiger partial charge < -0.3 is 15.4 Å². The summed E-state index contributed by atoms with van der Waals surface area (Å²) in [5.74, 6) is -0.635. The van der Waals surface area contributed by atoms with Crippen molar-refractivity contribution in [2.75, 3.05) is 24.0 Å². The molecule has 0 bridgehead atoms. The molecule has 3 aromatic carbocycles. The first-order chi connectivity index (χ1) is 15.6. The van der Waals surface area contributed by atoms with Crippen molar-refractivity contribution >= 4 is 38.7 Å². The maximum atomic E-state index is 12.6. The second-order valence-electron chi connectivity index (χ2n) is 6.93. The highest BCUT2D eigenvalue weighted by Gasteiger charge is 2.19. The SMILES string of the molecule is COc1ccccc1NC(=O)c1ccc(NC(=O)c2cc([N+](=O)[O-])cc(S(C)(=O)=O)c2)cc1. The Morgan fingerprint density at radius 3 is 2.15 bits per heavy atom. The van der Waals surface area contributed by atoms with E-state index in [0.717, 1.165) is 24.5 Å². The maximum absolute atomic E-state index is 12.6. The summed E-state index contributed by atoms with van der Waals surface area (Å²) in [5, 5.41) is 16.4. The fourth-order valence-corrected chi connectivity index (χ4v) is 3.56. The summed E-state index contributed by atoms with van der Waals surface area (Å²) in [7, 11) is -2.28. The number of non-ortho nitro benzene ring substituents is 1. The normalized spacial score (nSPS) is 10.8. The molecule has 0 unspecified atom stereocenters. The standard InChI is InChI=1S/C22H19N3O7S/c1-32-20-6-4-3-5-19(20)24-21(26)14-7-9-16(10-8-14)23-22(27)15-11-17(25(28)29)13-18(12-15)33(2,30)31/h3-13H,1-2H3,(H,23,27)(H,24,26). The molecule has 0 radical (unpaired) electrons. The van der Waals surface area contributed by atoms with Gasteiger partial charge in [-0.25, -0.2) is 8.42 Å². The van der Waals surface area contributed by atoms with E-state index in [1.807, 2.05) is 0 Å². The average Bonchev–Trinajstić information content (AvgIpc) is 2.79. The molecule has 0 atom stereocenters. The van der Waals surface area contributed by atoms with Crippen molar-refractivity contribution in [3.63, 3.8) is 0 Å². The monoisotopic (exact) mass is 469 g/mol. The van der Waals surface area contributed by atoms with Gasteiger partial charge >= 0.3 is 0 Å². The third kappa shape index (κ3) is 5.71. The molecule has 0 aliphatic rings. The summed E-state index contributed by atoms with van der Waals surface area (Å²) in [5.41, 5.74) is 0.402. The number of para-hydroxylation sites is 2. The first-order valence-corrected chi connectivity index (χ1v) is 11.3. The average molecular weight is 469 g/mol. The van der Waals surface area contributed by atoms with E-state index in [0.29, 0.717) is 22.7 Å². The molecular weight excluding hydrogens is 450 g/mol. The molecule has 3 rings (SSSR count). The van der Waals surface area contributed by atoms with Crippen LogP contribution in [0.15, 0.2) is 71.6 Å². The number of nitro groups is 1. The number of sulfone groups is 1. The number of anilines is 2. The number of nitrogens with one attached hydrogen (secondary N) is 2. The van der Waals surface area contributed by atoms with Gasteiger partial charge in [-0.2, -0.15) is 0 Å². The van der Waals surface area contributed by atoms with Gasteiger partial charge in [-0.15, -0.1) is 0 Å². The molecule has 0 saturated carbocycles.